The summed E-state index contributed by atoms with van der Waals surface area (Å²) in [7, 11) is 0. The molecule has 0 radical (unpaired) electrons. The molecule has 0 N–H and O–H groups in total. The van der Waals surface area contributed by atoms with Crippen LogP contribution in [0.25, 0.3) is 0 Å². The van der Waals surface area contributed by atoms with Gasteiger partial charge in [-0.15, -0.1) is 0 Å². The van der Waals surface area contributed by atoms with E-state index in [1.165, 1.54) is 19.3 Å². The molecule has 1 saturated carbocycles. The van der Waals surface area contributed by atoms with Crippen molar-refractivity contribution in [2.45, 2.75) is 33.1 Å². The standard InChI is InChI=1S/C8H15.Cr/c1-7(2)8-5-3-4-6-8;/h3,7-8H,4-6H2,1-2H3;/q-1;. The van der Waals surface area contributed by atoms with Crippen LogP contribution in [0.4, 0.5) is 0 Å². The van der Waals surface area contributed by atoms with Gasteiger partial charge in [0.1, 0.15) is 0 Å². The van der Waals surface area contributed by atoms with Gasteiger partial charge in [0.15, 0.2) is 0 Å². The van der Waals surface area contributed by atoms with E-state index in [0.29, 0.717) is 0 Å². The molecule has 0 aromatic carbocycles. The van der Waals surface area contributed by atoms with Gasteiger partial charge in [0.2, 0.25) is 0 Å². The maximum absolute atomic E-state index is 2.42. The molecule has 0 aromatic heterocycles. The van der Waals surface area contributed by atoms with E-state index in [2.05, 4.69) is 20.3 Å². The van der Waals surface area contributed by atoms with Crippen LogP contribution < -0.4 is 0 Å². The van der Waals surface area contributed by atoms with Crippen LogP contribution in [0.2, 0.25) is 0 Å². The van der Waals surface area contributed by atoms with E-state index in [1.807, 2.05) is 0 Å². The molecule has 1 aliphatic rings. The average molecular weight is 163 g/mol. The SMILES string of the molecule is CC(C)C1C[CH-]CC1.[Cr]. The summed E-state index contributed by atoms with van der Waals surface area (Å²) in [5.74, 6) is 1.92. The predicted octanol–water partition coefficient (Wildman–Crippen LogP) is 2.64. The Morgan fingerprint density at radius 3 is 2.33 bits per heavy atom. The van der Waals surface area contributed by atoms with E-state index >= 15 is 0 Å². The van der Waals surface area contributed by atoms with Crippen LogP contribution >= 0.6 is 0 Å². The molecule has 1 heteroatoms. The summed E-state index contributed by atoms with van der Waals surface area (Å²) in [6.45, 7) is 4.65. The first-order chi connectivity index (χ1) is 3.80. The van der Waals surface area contributed by atoms with Crippen molar-refractivity contribution in [2.75, 3.05) is 0 Å². The van der Waals surface area contributed by atoms with Gasteiger partial charge in [0, 0.05) is 17.4 Å². The van der Waals surface area contributed by atoms with Gasteiger partial charge in [-0.2, -0.15) is 12.8 Å². The summed E-state index contributed by atoms with van der Waals surface area (Å²) < 4.78 is 0. The maximum atomic E-state index is 2.42. The van der Waals surface area contributed by atoms with Crippen LogP contribution in [0.15, 0.2) is 0 Å². The molecule has 0 saturated heterocycles. The van der Waals surface area contributed by atoms with E-state index in [0.717, 1.165) is 11.8 Å². The van der Waals surface area contributed by atoms with E-state index in [4.69, 9.17) is 0 Å². The van der Waals surface area contributed by atoms with E-state index in [-0.39, 0.29) is 17.4 Å². The second kappa shape index (κ2) is 4.36. The zero-order chi connectivity index (χ0) is 5.98. The Morgan fingerprint density at radius 1 is 1.44 bits per heavy atom. The first-order valence-corrected chi connectivity index (χ1v) is 3.62. The van der Waals surface area contributed by atoms with Crippen molar-refractivity contribution < 1.29 is 17.4 Å². The Morgan fingerprint density at radius 2 is 2.11 bits per heavy atom. The van der Waals surface area contributed by atoms with Crippen molar-refractivity contribution in [3.8, 4) is 0 Å². The third-order valence-electron chi connectivity index (χ3n) is 2.15. The van der Waals surface area contributed by atoms with Crippen LogP contribution in [0.5, 0.6) is 0 Å². The molecular weight excluding hydrogens is 148 g/mol. The second-order valence-electron chi connectivity index (χ2n) is 3.11. The normalized spacial score (nSPS) is 26.3. The largest absolute Gasteiger partial charge is 0.328 e. The molecular formula is C8H15Cr-. The fourth-order valence-electron chi connectivity index (χ4n) is 1.39. The summed E-state index contributed by atoms with van der Waals surface area (Å²) in [6.07, 6.45) is 6.60. The Bertz CT molecular complexity index is 63.0. The summed E-state index contributed by atoms with van der Waals surface area (Å²) in [6, 6.07) is 0. The quantitative estimate of drug-likeness (QED) is 0.521. The van der Waals surface area contributed by atoms with E-state index in [9.17, 15) is 0 Å². The fourth-order valence-corrected chi connectivity index (χ4v) is 1.39. The van der Waals surface area contributed by atoms with Gasteiger partial charge >= 0.3 is 0 Å². The molecule has 0 nitrogen and oxygen atoms in total. The van der Waals surface area contributed by atoms with Gasteiger partial charge in [-0.3, -0.25) is 0 Å². The van der Waals surface area contributed by atoms with Crippen molar-refractivity contribution >= 4 is 0 Å². The van der Waals surface area contributed by atoms with Crippen molar-refractivity contribution in [3.63, 3.8) is 0 Å². The second-order valence-corrected chi connectivity index (χ2v) is 3.11. The summed E-state index contributed by atoms with van der Waals surface area (Å²) in [5.41, 5.74) is 0. The minimum absolute atomic E-state index is 0. The van der Waals surface area contributed by atoms with Gasteiger partial charge in [0.25, 0.3) is 0 Å². The van der Waals surface area contributed by atoms with E-state index in [1.54, 1.807) is 0 Å². The van der Waals surface area contributed by atoms with Gasteiger partial charge in [0.05, 0.1) is 0 Å². The number of hydrogen-bond acceptors (Lipinski definition) is 0. The first kappa shape index (κ1) is 9.53. The van der Waals surface area contributed by atoms with Crippen LogP contribution in [0.1, 0.15) is 33.1 Å². The maximum Gasteiger partial charge on any atom is 0 e. The van der Waals surface area contributed by atoms with Crippen LogP contribution in [0, 0.1) is 18.3 Å². The van der Waals surface area contributed by atoms with Crippen LogP contribution in [0.3, 0.4) is 0 Å². The summed E-state index contributed by atoms with van der Waals surface area (Å²) in [5, 5.41) is 0. The van der Waals surface area contributed by atoms with E-state index < -0.39 is 0 Å². The molecule has 54 valence electrons. The zero-order valence-electron chi connectivity index (χ0n) is 6.26. The average Bonchev–Trinajstić information content (AvgIpc) is 2.12. The molecule has 1 fully saturated rings. The molecule has 0 bridgehead atoms. The molecule has 9 heavy (non-hydrogen) atoms. The molecule has 0 aliphatic heterocycles. The minimum atomic E-state index is 0. The van der Waals surface area contributed by atoms with Gasteiger partial charge in [-0.25, -0.2) is 0 Å². The topological polar surface area (TPSA) is 0 Å². The van der Waals surface area contributed by atoms with Crippen molar-refractivity contribution in [3.05, 3.63) is 6.42 Å². The number of rotatable bonds is 1. The fraction of sp³-hybridized carbons (Fsp3) is 0.875. The van der Waals surface area contributed by atoms with Crippen LogP contribution in [-0.4, -0.2) is 0 Å². The Balaban J connectivity index is 0.000000640. The molecule has 1 atom stereocenters. The predicted molar refractivity (Wildman–Crippen MR) is 36.5 cm³/mol. The van der Waals surface area contributed by atoms with Gasteiger partial charge in [-0.1, -0.05) is 26.2 Å². The van der Waals surface area contributed by atoms with Gasteiger partial charge < -0.3 is 6.42 Å². The summed E-state index contributed by atoms with van der Waals surface area (Å²) >= 11 is 0. The monoisotopic (exact) mass is 163 g/mol. The molecule has 0 spiro atoms. The minimum Gasteiger partial charge on any atom is -0.328 e. The van der Waals surface area contributed by atoms with Crippen molar-refractivity contribution in [1.82, 2.24) is 0 Å². The third kappa shape index (κ3) is 2.74. The molecule has 0 heterocycles. The van der Waals surface area contributed by atoms with Crippen molar-refractivity contribution in [1.29, 1.82) is 0 Å². The number of hydrogen-bond donors (Lipinski definition) is 0. The zero-order valence-corrected chi connectivity index (χ0v) is 7.54. The molecule has 1 aliphatic carbocycles. The summed E-state index contributed by atoms with van der Waals surface area (Å²) in [4.78, 5) is 0. The molecule has 1 rings (SSSR count). The smallest absolute Gasteiger partial charge is 0 e. The Hall–Kier alpha value is 0.532. The Labute approximate surface area is 69.2 Å². The molecule has 0 aromatic rings. The Kier molecular flexibility index (Phi) is 4.62. The van der Waals surface area contributed by atoms with Crippen LogP contribution in [-0.2, 0) is 17.4 Å². The molecule has 1 unspecified atom stereocenters. The van der Waals surface area contributed by atoms with Gasteiger partial charge in [-0.05, 0) is 5.92 Å². The molecule has 0 amide bonds. The third-order valence-corrected chi connectivity index (χ3v) is 2.15. The van der Waals surface area contributed by atoms with Crippen molar-refractivity contribution in [2.24, 2.45) is 11.8 Å². The first-order valence-electron chi connectivity index (χ1n) is 3.62.